The summed E-state index contributed by atoms with van der Waals surface area (Å²) in [5.41, 5.74) is 3.17. The van der Waals surface area contributed by atoms with Gasteiger partial charge in [0.1, 0.15) is 0 Å². The third-order valence-electron chi connectivity index (χ3n) is 6.35. The Kier molecular flexibility index (Phi) is 10.4. The molecule has 0 spiro atoms. The molecule has 0 aromatic heterocycles. The van der Waals surface area contributed by atoms with Crippen molar-refractivity contribution in [1.82, 2.24) is 5.06 Å². The Morgan fingerprint density at radius 1 is 0.590 bits per heavy atom. The zero-order valence-electron chi connectivity index (χ0n) is 23.8. The largest absolute Gasteiger partial charge is 0.285 e. The van der Waals surface area contributed by atoms with E-state index >= 15 is 0 Å². The first-order chi connectivity index (χ1) is 19.0. The van der Waals surface area contributed by atoms with Gasteiger partial charge in [0.25, 0.3) is 11.8 Å². The third-order valence-corrected chi connectivity index (χ3v) is 6.35. The highest BCUT2D eigenvalue weighted by atomic mass is 16.7. The zero-order valence-corrected chi connectivity index (χ0v) is 23.8. The van der Waals surface area contributed by atoms with E-state index in [1.54, 1.807) is 24.3 Å². The summed E-state index contributed by atoms with van der Waals surface area (Å²) in [7, 11) is 0. The third kappa shape index (κ3) is 6.02. The van der Waals surface area contributed by atoms with Gasteiger partial charge in [-0.25, -0.2) is 4.84 Å². The van der Waals surface area contributed by atoms with Gasteiger partial charge in [0.2, 0.25) is 0 Å². The summed E-state index contributed by atoms with van der Waals surface area (Å²) in [5.74, 6) is -0.389. The second kappa shape index (κ2) is 13.7. The highest BCUT2D eigenvalue weighted by Gasteiger charge is 2.46. The van der Waals surface area contributed by atoms with Gasteiger partial charge in [-0.05, 0) is 46.7 Å². The lowest BCUT2D eigenvalue weighted by Crippen LogP contribution is -2.43. The number of rotatable bonds is 7. The van der Waals surface area contributed by atoms with Crippen LogP contribution in [0, 0.1) is 5.92 Å². The number of carbonyl (C=O) groups is 2. The van der Waals surface area contributed by atoms with Crippen molar-refractivity contribution in [3.05, 3.63) is 143 Å². The summed E-state index contributed by atoms with van der Waals surface area (Å²) in [5, 5.41) is 0.923. The Morgan fingerprint density at radius 3 is 1.38 bits per heavy atom. The van der Waals surface area contributed by atoms with Crippen LogP contribution in [-0.2, 0) is 16.9 Å². The van der Waals surface area contributed by atoms with E-state index in [1.807, 2.05) is 100 Å². The lowest BCUT2D eigenvalue weighted by atomic mass is 9.80. The van der Waals surface area contributed by atoms with E-state index in [1.165, 1.54) is 5.56 Å². The second-order valence-electron chi connectivity index (χ2n) is 9.25. The smallest absolute Gasteiger partial charge is 0.266 e. The van der Waals surface area contributed by atoms with Gasteiger partial charge < -0.3 is 0 Å². The number of benzene rings is 4. The minimum atomic E-state index is -1.22. The lowest BCUT2D eigenvalue weighted by Gasteiger charge is -2.37. The van der Waals surface area contributed by atoms with Gasteiger partial charge in [-0.1, -0.05) is 139 Å². The first-order valence-corrected chi connectivity index (χ1v) is 13.9. The first kappa shape index (κ1) is 29.5. The van der Waals surface area contributed by atoms with Gasteiger partial charge in [-0.3, -0.25) is 9.59 Å². The van der Waals surface area contributed by atoms with Crippen LogP contribution in [0.4, 0.5) is 0 Å². The highest BCUT2D eigenvalue weighted by Crippen LogP contribution is 2.43. The van der Waals surface area contributed by atoms with Crippen LogP contribution in [0.1, 0.15) is 84.5 Å². The number of imide groups is 1. The maximum atomic E-state index is 13.3. The van der Waals surface area contributed by atoms with Crippen molar-refractivity contribution in [1.29, 1.82) is 0 Å². The summed E-state index contributed by atoms with van der Waals surface area (Å²) in [4.78, 5) is 33.3. The van der Waals surface area contributed by atoms with E-state index in [9.17, 15) is 9.59 Å². The molecule has 202 valence electrons. The van der Waals surface area contributed by atoms with E-state index in [2.05, 4.69) is 26.0 Å². The van der Waals surface area contributed by atoms with Crippen LogP contribution in [0.5, 0.6) is 0 Å². The zero-order chi connectivity index (χ0) is 28.4. The quantitative estimate of drug-likeness (QED) is 0.181. The Bertz CT molecular complexity index is 1270. The fraction of sp³-hybridized carbons (Fsp3) is 0.257. The van der Waals surface area contributed by atoms with Crippen LogP contribution >= 0.6 is 0 Å². The Labute approximate surface area is 233 Å². The SMILES string of the molecule is CC.CC.CC(C)Cc1ccc(C(ON2C(=O)c3ccccc3C2=O)(c2ccccc2)c2ccccc2)cc1. The summed E-state index contributed by atoms with van der Waals surface area (Å²) in [6, 6.07) is 34.6. The van der Waals surface area contributed by atoms with E-state index < -0.39 is 17.4 Å². The molecule has 4 aromatic rings. The molecule has 0 aliphatic carbocycles. The molecule has 4 heteroatoms. The highest BCUT2D eigenvalue weighted by molar-refractivity contribution is 6.20. The molecule has 2 amide bonds. The number of carbonyl (C=O) groups excluding carboxylic acids is 2. The van der Waals surface area contributed by atoms with E-state index in [4.69, 9.17) is 4.84 Å². The van der Waals surface area contributed by atoms with Crippen molar-refractivity contribution < 1.29 is 14.4 Å². The second-order valence-corrected chi connectivity index (χ2v) is 9.25. The number of fused-ring (bicyclic) bond motifs is 1. The average Bonchev–Trinajstić information content (AvgIpc) is 3.23. The molecule has 0 fully saturated rings. The van der Waals surface area contributed by atoms with Gasteiger partial charge in [0.15, 0.2) is 5.60 Å². The fourth-order valence-electron chi connectivity index (χ4n) is 4.74. The summed E-state index contributed by atoms with van der Waals surface area (Å²) >= 11 is 0. The van der Waals surface area contributed by atoms with Crippen LogP contribution in [0.15, 0.2) is 109 Å². The van der Waals surface area contributed by atoms with Crippen molar-refractivity contribution in [2.24, 2.45) is 5.92 Å². The number of hydroxylamine groups is 2. The molecule has 0 saturated heterocycles. The number of hydrogen-bond acceptors (Lipinski definition) is 3. The van der Waals surface area contributed by atoms with E-state index in [0.29, 0.717) is 17.0 Å². The Hall–Kier alpha value is -4.02. The molecule has 0 N–H and O–H groups in total. The van der Waals surface area contributed by atoms with E-state index in [-0.39, 0.29) is 0 Å². The molecule has 39 heavy (non-hydrogen) atoms. The maximum absolute atomic E-state index is 13.3. The minimum Gasteiger partial charge on any atom is -0.266 e. The van der Waals surface area contributed by atoms with Crippen LogP contribution in [0.25, 0.3) is 0 Å². The number of nitrogens with zero attached hydrogens (tertiary/aromatic N) is 1. The van der Waals surface area contributed by atoms with Gasteiger partial charge in [-0.15, -0.1) is 5.06 Å². The normalized spacial score (nSPS) is 12.3. The van der Waals surface area contributed by atoms with Crippen molar-refractivity contribution in [3.8, 4) is 0 Å². The molecule has 1 heterocycles. The Morgan fingerprint density at radius 2 is 0.974 bits per heavy atom. The number of amides is 2. The summed E-state index contributed by atoms with van der Waals surface area (Å²) in [6.45, 7) is 12.4. The lowest BCUT2D eigenvalue weighted by molar-refractivity contribution is -0.158. The summed E-state index contributed by atoms with van der Waals surface area (Å²) < 4.78 is 0. The van der Waals surface area contributed by atoms with Crippen LogP contribution in [0.3, 0.4) is 0 Å². The van der Waals surface area contributed by atoms with Crippen molar-refractivity contribution in [3.63, 3.8) is 0 Å². The van der Waals surface area contributed by atoms with Crippen LogP contribution < -0.4 is 0 Å². The molecule has 0 radical (unpaired) electrons. The maximum Gasteiger partial charge on any atom is 0.285 e. The predicted molar refractivity (Wildman–Crippen MR) is 158 cm³/mol. The monoisotopic (exact) mass is 521 g/mol. The first-order valence-electron chi connectivity index (χ1n) is 13.9. The van der Waals surface area contributed by atoms with Crippen molar-refractivity contribution in [2.45, 2.75) is 53.6 Å². The molecular formula is C35H39NO3. The van der Waals surface area contributed by atoms with Crippen molar-refractivity contribution >= 4 is 11.8 Å². The Balaban J connectivity index is 0.00000100. The summed E-state index contributed by atoms with van der Waals surface area (Å²) in [6.07, 6.45) is 0.962. The van der Waals surface area contributed by atoms with Crippen LogP contribution in [0.2, 0.25) is 0 Å². The standard InChI is InChI=1S/C31H27NO3.2C2H6/c1-22(2)21-23-17-19-26(20-18-23)31(24-11-5-3-6-12-24,25-13-7-4-8-14-25)35-32-29(33)27-15-9-10-16-28(27)30(32)34;2*1-2/h3-20,22H,21H2,1-2H3;2*1-2H3. The predicted octanol–water partition coefficient (Wildman–Crippen LogP) is 8.46. The topological polar surface area (TPSA) is 46.6 Å². The molecular weight excluding hydrogens is 482 g/mol. The number of hydrogen-bond donors (Lipinski definition) is 0. The molecule has 1 aliphatic rings. The molecule has 5 rings (SSSR count). The minimum absolute atomic E-state index is 0.347. The van der Waals surface area contributed by atoms with E-state index in [0.717, 1.165) is 28.2 Å². The van der Waals surface area contributed by atoms with Gasteiger partial charge in [0, 0.05) is 0 Å². The van der Waals surface area contributed by atoms with Gasteiger partial charge in [0.05, 0.1) is 11.1 Å². The molecule has 0 bridgehead atoms. The fourth-order valence-corrected chi connectivity index (χ4v) is 4.74. The van der Waals surface area contributed by atoms with Crippen molar-refractivity contribution in [2.75, 3.05) is 0 Å². The van der Waals surface area contributed by atoms with Crippen LogP contribution in [-0.4, -0.2) is 16.9 Å². The molecule has 4 aromatic carbocycles. The molecule has 4 nitrogen and oxygen atoms in total. The molecule has 1 aliphatic heterocycles. The van der Waals surface area contributed by atoms with Gasteiger partial charge >= 0.3 is 0 Å². The average molecular weight is 522 g/mol. The molecule has 0 atom stereocenters. The van der Waals surface area contributed by atoms with Gasteiger partial charge in [-0.2, -0.15) is 0 Å². The molecule has 0 unspecified atom stereocenters. The molecule has 0 saturated carbocycles.